The Hall–Kier alpha value is -0.580. The van der Waals surface area contributed by atoms with Gasteiger partial charge in [-0.05, 0) is 18.6 Å². The van der Waals surface area contributed by atoms with Gasteiger partial charge in [0.1, 0.15) is 0 Å². The minimum Gasteiger partial charge on any atom is -0.487 e. The van der Waals surface area contributed by atoms with Gasteiger partial charge in [0.2, 0.25) is 0 Å². The summed E-state index contributed by atoms with van der Waals surface area (Å²) in [5, 5.41) is 4.42. The molecule has 0 aliphatic heterocycles. The predicted molar refractivity (Wildman–Crippen MR) is 63.7 cm³/mol. The van der Waals surface area contributed by atoms with E-state index in [9.17, 15) is 0 Å². The molecule has 0 amide bonds. The van der Waals surface area contributed by atoms with Gasteiger partial charge in [0, 0.05) is 24.6 Å². The third-order valence-corrected chi connectivity index (χ3v) is 3.31. The number of rotatable bonds is 7. The van der Waals surface area contributed by atoms with Crippen molar-refractivity contribution in [3.8, 4) is 5.06 Å². The summed E-state index contributed by atoms with van der Waals surface area (Å²) >= 11 is 1.68. The molecule has 1 atom stereocenters. The molecular formula is C11H19NO2S. The molecule has 1 aromatic heterocycles. The molecule has 86 valence electrons. The maximum absolute atomic E-state index is 5.14. The van der Waals surface area contributed by atoms with Crippen molar-refractivity contribution in [3.05, 3.63) is 17.0 Å². The van der Waals surface area contributed by atoms with Crippen LogP contribution in [-0.4, -0.2) is 26.9 Å². The van der Waals surface area contributed by atoms with Crippen molar-refractivity contribution in [2.45, 2.75) is 25.9 Å². The van der Waals surface area contributed by atoms with Gasteiger partial charge >= 0.3 is 0 Å². The van der Waals surface area contributed by atoms with Crippen molar-refractivity contribution in [3.63, 3.8) is 0 Å². The second-order valence-corrected chi connectivity index (χ2v) is 4.50. The molecule has 0 aliphatic rings. The molecule has 0 bridgehead atoms. The number of nitrogens with one attached hydrogen (secondary N) is 1. The molecule has 1 heterocycles. The van der Waals surface area contributed by atoms with Crippen molar-refractivity contribution in [1.29, 1.82) is 0 Å². The lowest BCUT2D eigenvalue weighted by molar-refractivity contribution is 0.164. The van der Waals surface area contributed by atoms with Crippen LogP contribution in [0.25, 0.3) is 0 Å². The molecule has 0 saturated heterocycles. The van der Waals surface area contributed by atoms with Gasteiger partial charge in [-0.2, -0.15) is 0 Å². The molecule has 0 radical (unpaired) electrons. The number of ether oxygens (including phenoxy) is 2. The van der Waals surface area contributed by atoms with Crippen molar-refractivity contribution in [2.75, 3.05) is 20.8 Å². The Bertz CT molecular complexity index is 275. The zero-order chi connectivity index (χ0) is 11.1. The summed E-state index contributed by atoms with van der Waals surface area (Å²) in [5.41, 5.74) is 0. The topological polar surface area (TPSA) is 30.5 Å². The van der Waals surface area contributed by atoms with Crippen LogP contribution in [0.4, 0.5) is 0 Å². The fraction of sp³-hybridized carbons (Fsp3) is 0.636. The van der Waals surface area contributed by atoms with Crippen LogP contribution in [0.15, 0.2) is 12.1 Å². The normalized spacial score (nSPS) is 12.7. The van der Waals surface area contributed by atoms with Crippen LogP contribution in [0.5, 0.6) is 5.06 Å². The standard InChI is InChI=1S/C11H19NO2S/c1-4-9(8-13-2)12-7-10-5-6-11(14-3)15-10/h5-6,9,12H,4,7-8H2,1-3H3. The molecule has 1 rings (SSSR count). The smallest absolute Gasteiger partial charge is 0.173 e. The molecule has 4 heteroatoms. The number of hydrogen-bond acceptors (Lipinski definition) is 4. The zero-order valence-electron chi connectivity index (χ0n) is 9.58. The summed E-state index contributed by atoms with van der Waals surface area (Å²) < 4.78 is 10.3. The van der Waals surface area contributed by atoms with E-state index in [0.29, 0.717) is 6.04 Å². The molecule has 1 aromatic rings. The van der Waals surface area contributed by atoms with E-state index in [1.807, 2.05) is 6.07 Å². The highest BCUT2D eigenvalue weighted by molar-refractivity contribution is 7.13. The zero-order valence-corrected chi connectivity index (χ0v) is 10.4. The predicted octanol–water partition coefficient (Wildman–Crippen LogP) is 2.27. The van der Waals surface area contributed by atoms with Crippen LogP contribution in [0.2, 0.25) is 0 Å². The Morgan fingerprint density at radius 3 is 2.73 bits per heavy atom. The van der Waals surface area contributed by atoms with Crippen molar-refractivity contribution in [1.82, 2.24) is 5.32 Å². The van der Waals surface area contributed by atoms with Crippen LogP contribution in [0.1, 0.15) is 18.2 Å². The summed E-state index contributed by atoms with van der Waals surface area (Å²) in [6, 6.07) is 4.53. The molecule has 15 heavy (non-hydrogen) atoms. The van der Waals surface area contributed by atoms with Gasteiger partial charge in [0.05, 0.1) is 13.7 Å². The second kappa shape index (κ2) is 6.82. The molecule has 3 nitrogen and oxygen atoms in total. The van der Waals surface area contributed by atoms with Gasteiger partial charge in [-0.1, -0.05) is 6.92 Å². The van der Waals surface area contributed by atoms with E-state index in [0.717, 1.165) is 24.6 Å². The van der Waals surface area contributed by atoms with Gasteiger partial charge < -0.3 is 14.8 Å². The molecule has 0 fully saturated rings. The number of methoxy groups -OCH3 is 2. The van der Waals surface area contributed by atoms with Gasteiger partial charge in [-0.25, -0.2) is 0 Å². The number of thiophene rings is 1. The van der Waals surface area contributed by atoms with Crippen molar-refractivity contribution in [2.24, 2.45) is 0 Å². The fourth-order valence-corrected chi connectivity index (χ4v) is 2.10. The van der Waals surface area contributed by atoms with E-state index in [1.54, 1.807) is 25.6 Å². The van der Waals surface area contributed by atoms with Crippen molar-refractivity contribution < 1.29 is 9.47 Å². The van der Waals surface area contributed by atoms with E-state index in [2.05, 4.69) is 18.3 Å². The third kappa shape index (κ3) is 4.20. The largest absolute Gasteiger partial charge is 0.487 e. The summed E-state index contributed by atoms with van der Waals surface area (Å²) in [4.78, 5) is 1.29. The fourth-order valence-electron chi connectivity index (χ4n) is 1.33. The van der Waals surface area contributed by atoms with Crippen LogP contribution < -0.4 is 10.1 Å². The van der Waals surface area contributed by atoms with Gasteiger partial charge in [0.15, 0.2) is 5.06 Å². The molecule has 0 saturated carbocycles. The maximum Gasteiger partial charge on any atom is 0.173 e. The Kier molecular flexibility index (Phi) is 5.68. The second-order valence-electron chi connectivity index (χ2n) is 3.37. The Balaban J connectivity index is 2.34. The highest BCUT2D eigenvalue weighted by Crippen LogP contribution is 2.23. The molecule has 0 aromatic carbocycles. The first-order valence-electron chi connectivity index (χ1n) is 5.15. The molecule has 1 N–H and O–H groups in total. The van der Waals surface area contributed by atoms with E-state index in [-0.39, 0.29) is 0 Å². The first-order valence-corrected chi connectivity index (χ1v) is 5.96. The first-order chi connectivity index (χ1) is 7.30. The number of hydrogen-bond donors (Lipinski definition) is 1. The quantitative estimate of drug-likeness (QED) is 0.778. The molecule has 0 spiro atoms. The molecule has 1 unspecified atom stereocenters. The third-order valence-electron chi connectivity index (χ3n) is 2.26. The lowest BCUT2D eigenvalue weighted by Gasteiger charge is -2.14. The lowest BCUT2D eigenvalue weighted by atomic mass is 10.2. The minimum atomic E-state index is 0.433. The van der Waals surface area contributed by atoms with E-state index >= 15 is 0 Å². The van der Waals surface area contributed by atoms with E-state index in [1.165, 1.54) is 4.88 Å². The monoisotopic (exact) mass is 229 g/mol. The van der Waals surface area contributed by atoms with Crippen LogP contribution in [0.3, 0.4) is 0 Å². The van der Waals surface area contributed by atoms with E-state index in [4.69, 9.17) is 9.47 Å². The van der Waals surface area contributed by atoms with Gasteiger partial charge in [-0.3, -0.25) is 0 Å². The van der Waals surface area contributed by atoms with Crippen LogP contribution in [-0.2, 0) is 11.3 Å². The lowest BCUT2D eigenvalue weighted by Crippen LogP contribution is -2.31. The van der Waals surface area contributed by atoms with Crippen LogP contribution in [0, 0.1) is 0 Å². The Labute approximate surface area is 95.4 Å². The average molecular weight is 229 g/mol. The van der Waals surface area contributed by atoms with Crippen molar-refractivity contribution >= 4 is 11.3 Å². The Morgan fingerprint density at radius 1 is 1.40 bits per heavy atom. The summed E-state index contributed by atoms with van der Waals surface area (Å²) in [7, 11) is 3.43. The van der Waals surface area contributed by atoms with Gasteiger partial charge in [0.25, 0.3) is 0 Å². The highest BCUT2D eigenvalue weighted by Gasteiger charge is 2.06. The summed E-state index contributed by atoms with van der Waals surface area (Å²) in [6.07, 6.45) is 1.08. The molecular weight excluding hydrogens is 210 g/mol. The minimum absolute atomic E-state index is 0.433. The van der Waals surface area contributed by atoms with Gasteiger partial charge in [-0.15, -0.1) is 11.3 Å². The first kappa shape index (κ1) is 12.5. The van der Waals surface area contributed by atoms with Crippen LogP contribution >= 0.6 is 11.3 Å². The SMILES string of the molecule is CCC(COC)NCc1ccc(OC)s1. The average Bonchev–Trinajstić information content (AvgIpc) is 2.72. The summed E-state index contributed by atoms with van der Waals surface area (Å²) in [5.74, 6) is 0. The highest BCUT2D eigenvalue weighted by atomic mass is 32.1. The summed E-state index contributed by atoms with van der Waals surface area (Å²) in [6.45, 7) is 3.81. The van der Waals surface area contributed by atoms with E-state index < -0.39 is 0 Å². The molecule has 0 aliphatic carbocycles. The Morgan fingerprint density at radius 2 is 2.20 bits per heavy atom. The maximum atomic E-state index is 5.14.